The molecule has 8 heteroatoms. The first-order valence-electron chi connectivity index (χ1n) is 6.68. The van der Waals surface area contributed by atoms with Crippen molar-refractivity contribution in [1.82, 2.24) is 15.2 Å². The molecule has 0 aliphatic rings. The topological polar surface area (TPSA) is 80.8 Å². The number of rotatable bonds is 9. The number of thiazole rings is 1. The summed E-state index contributed by atoms with van der Waals surface area (Å²) in [7, 11) is 3.93. The lowest BCUT2D eigenvalue weighted by Crippen LogP contribution is -2.28. The normalized spacial score (nSPS) is 10.7. The van der Waals surface area contributed by atoms with Crippen molar-refractivity contribution in [3.63, 3.8) is 0 Å². The fourth-order valence-electron chi connectivity index (χ4n) is 1.34. The van der Waals surface area contributed by atoms with Gasteiger partial charge in [0, 0.05) is 18.5 Å². The Kier molecular flexibility index (Phi) is 7.88. The summed E-state index contributed by atoms with van der Waals surface area (Å²) in [4.78, 5) is 29.2. The van der Waals surface area contributed by atoms with Gasteiger partial charge in [-0.3, -0.25) is 4.79 Å². The van der Waals surface area contributed by atoms with Gasteiger partial charge in [0.15, 0.2) is 0 Å². The van der Waals surface area contributed by atoms with Crippen LogP contribution in [0.3, 0.4) is 0 Å². The highest BCUT2D eigenvalue weighted by Crippen LogP contribution is 2.10. The van der Waals surface area contributed by atoms with E-state index < -0.39 is 5.97 Å². The molecule has 0 saturated heterocycles. The number of likely N-dealkylation sites (N-methyl/N-ethyl adjacent to an activating group) is 1. The Labute approximate surface area is 128 Å². The van der Waals surface area contributed by atoms with Crippen LogP contribution < -0.4 is 5.32 Å². The number of aromatic nitrogens is 1. The molecule has 0 fully saturated rings. The summed E-state index contributed by atoms with van der Waals surface area (Å²) in [5, 5.41) is 4.41. The first-order valence-corrected chi connectivity index (χ1v) is 7.56. The third-order valence-electron chi connectivity index (χ3n) is 2.40. The third-order valence-corrected chi connectivity index (χ3v) is 3.22. The summed E-state index contributed by atoms with van der Waals surface area (Å²) < 4.78 is 10.2. The monoisotopic (exact) mass is 315 g/mol. The van der Waals surface area contributed by atoms with Gasteiger partial charge in [-0.2, -0.15) is 0 Å². The number of hydrogen-bond donors (Lipinski definition) is 1. The lowest BCUT2D eigenvalue weighted by molar-refractivity contribution is 0.0526. The molecule has 118 valence electrons. The molecule has 0 bridgehead atoms. The van der Waals surface area contributed by atoms with Gasteiger partial charge in [0.1, 0.15) is 5.69 Å². The second-order valence-electron chi connectivity index (χ2n) is 4.43. The Morgan fingerprint density at radius 1 is 1.38 bits per heavy atom. The number of carbonyl (C=O) groups excluding carboxylic acids is 2. The van der Waals surface area contributed by atoms with Crippen molar-refractivity contribution in [2.24, 2.45) is 0 Å². The minimum absolute atomic E-state index is 0.184. The van der Waals surface area contributed by atoms with Crippen LogP contribution in [0.2, 0.25) is 0 Å². The van der Waals surface area contributed by atoms with E-state index in [2.05, 4.69) is 10.3 Å². The van der Waals surface area contributed by atoms with Gasteiger partial charge in [0.2, 0.25) is 5.01 Å². The van der Waals surface area contributed by atoms with E-state index in [0.717, 1.165) is 17.9 Å². The quantitative estimate of drug-likeness (QED) is 0.532. The molecule has 0 aliphatic carbocycles. The number of amides is 1. The SMILES string of the molecule is CCOC(=O)c1nc(C(=O)NCCOCCN(C)C)cs1. The summed E-state index contributed by atoms with van der Waals surface area (Å²) in [6.45, 7) is 4.29. The molecule has 0 atom stereocenters. The van der Waals surface area contributed by atoms with E-state index in [1.54, 1.807) is 6.92 Å². The number of nitrogens with one attached hydrogen (secondary N) is 1. The van der Waals surface area contributed by atoms with Crippen molar-refractivity contribution >= 4 is 23.2 Å². The zero-order chi connectivity index (χ0) is 15.7. The Morgan fingerprint density at radius 3 is 2.81 bits per heavy atom. The van der Waals surface area contributed by atoms with Gasteiger partial charge < -0.3 is 19.7 Å². The van der Waals surface area contributed by atoms with Gasteiger partial charge in [-0.15, -0.1) is 11.3 Å². The molecule has 21 heavy (non-hydrogen) atoms. The van der Waals surface area contributed by atoms with E-state index >= 15 is 0 Å². The second-order valence-corrected chi connectivity index (χ2v) is 5.29. The number of nitrogens with zero attached hydrogens (tertiary/aromatic N) is 2. The van der Waals surface area contributed by atoms with Crippen LogP contribution in [0.5, 0.6) is 0 Å². The smallest absolute Gasteiger partial charge is 0.367 e. The molecule has 1 N–H and O–H groups in total. The second kappa shape index (κ2) is 9.43. The molecule has 1 heterocycles. The minimum Gasteiger partial charge on any atom is -0.461 e. The van der Waals surface area contributed by atoms with Gasteiger partial charge in [-0.05, 0) is 21.0 Å². The zero-order valence-corrected chi connectivity index (χ0v) is 13.4. The standard InChI is InChI=1S/C13H21N3O4S/c1-4-20-13(18)12-15-10(9-21-12)11(17)14-5-7-19-8-6-16(2)3/h9H,4-8H2,1-3H3,(H,14,17). The average Bonchev–Trinajstić information content (AvgIpc) is 2.92. The summed E-state index contributed by atoms with van der Waals surface area (Å²) in [5.41, 5.74) is 0.219. The molecule has 0 spiro atoms. The van der Waals surface area contributed by atoms with Crippen molar-refractivity contribution in [3.8, 4) is 0 Å². The third kappa shape index (κ3) is 6.65. The van der Waals surface area contributed by atoms with Gasteiger partial charge in [0.05, 0.1) is 19.8 Å². The highest BCUT2D eigenvalue weighted by Gasteiger charge is 2.15. The van der Waals surface area contributed by atoms with Crippen LogP contribution in [0.15, 0.2) is 5.38 Å². The molecular weight excluding hydrogens is 294 g/mol. The highest BCUT2D eigenvalue weighted by atomic mass is 32.1. The summed E-state index contributed by atoms with van der Waals surface area (Å²) in [6.07, 6.45) is 0. The van der Waals surface area contributed by atoms with E-state index in [0.29, 0.717) is 19.8 Å². The maximum atomic E-state index is 11.8. The van der Waals surface area contributed by atoms with Gasteiger partial charge in [-0.1, -0.05) is 0 Å². The van der Waals surface area contributed by atoms with Crippen molar-refractivity contribution in [2.45, 2.75) is 6.92 Å². The van der Waals surface area contributed by atoms with Crippen LogP contribution in [-0.4, -0.2) is 68.8 Å². The lowest BCUT2D eigenvalue weighted by Gasteiger charge is -2.09. The predicted octanol–water partition coefficient (Wildman–Crippen LogP) is 0.628. The van der Waals surface area contributed by atoms with E-state index in [9.17, 15) is 9.59 Å². The molecular formula is C13H21N3O4S. The summed E-state index contributed by atoms with van der Waals surface area (Å²) in [6, 6.07) is 0. The highest BCUT2D eigenvalue weighted by molar-refractivity contribution is 7.11. The summed E-state index contributed by atoms with van der Waals surface area (Å²) >= 11 is 1.09. The number of carbonyl (C=O) groups is 2. The van der Waals surface area contributed by atoms with E-state index in [1.165, 1.54) is 5.38 Å². The molecule has 1 rings (SSSR count). The van der Waals surface area contributed by atoms with Gasteiger partial charge in [0.25, 0.3) is 5.91 Å². The molecule has 0 saturated carbocycles. The maximum absolute atomic E-state index is 11.8. The van der Waals surface area contributed by atoms with Crippen LogP contribution in [0, 0.1) is 0 Å². The van der Waals surface area contributed by atoms with Gasteiger partial charge >= 0.3 is 5.97 Å². The first kappa shape index (κ1) is 17.5. The van der Waals surface area contributed by atoms with Crippen LogP contribution >= 0.6 is 11.3 Å². The largest absolute Gasteiger partial charge is 0.461 e. The fourth-order valence-corrected chi connectivity index (χ4v) is 2.03. The van der Waals surface area contributed by atoms with E-state index in [-0.39, 0.29) is 23.2 Å². The number of esters is 1. The fraction of sp³-hybridized carbons (Fsp3) is 0.615. The van der Waals surface area contributed by atoms with E-state index in [1.807, 2.05) is 19.0 Å². The van der Waals surface area contributed by atoms with Crippen LogP contribution in [-0.2, 0) is 9.47 Å². The number of ether oxygens (including phenoxy) is 2. The lowest BCUT2D eigenvalue weighted by atomic mass is 10.4. The molecule has 0 radical (unpaired) electrons. The zero-order valence-electron chi connectivity index (χ0n) is 12.5. The molecule has 1 amide bonds. The molecule has 0 unspecified atom stereocenters. The van der Waals surface area contributed by atoms with Crippen molar-refractivity contribution < 1.29 is 19.1 Å². The number of hydrogen-bond acceptors (Lipinski definition) is 7. The van der Waals surface area contributed by atoms with Crippen LogP contribution in [0.25, 0.3) is 0 Å². The molecule has 0 aromatic carbocycles. The van der Waals surface area contributed by atoms with E-state index in [4.69, 9.17) is 9.47 Å². The predicted molar refractivity (Wildman–Crippen MR) is 79.8 cm³/mol. The average molecular weight is 315 g/mol. The van der Waals surface area contributed by atoms with Crippen molar-refractivity contribution in [1.29, 1.82) is 0 Å². The Hall–Kier alpha value is -1.51. The Bertz CT molecular complexity index is 462. The molecule has 1 aromatic rings. The molecule has 7 nitrogen and oxygen atoms in total. The minimum atomic E-state index is -0.506. The van der Waals surface area contributed by atoms with Crippen LogP contribution in [0.4, 0.5) is 0 Å². The molecule has 1 aromatic heterocycles. The first-order chi connectivity index (χ1) is 10.0. The van der Waals surface area contributed by atoms with Crippen molar-refractivity contribution in [3.05, 3.63) is 16.1 Å². The van der Waals surface area contributed by atoms with Crippen LogP contribution in [0.1, 0.15) is 27.2 Å². The van der Waals surface area contributed by atoms with Gasteiger partial charge in [-0.25, -0.2) is 9.78 Å². The Morgan fingerprint density at radius 2 is 2.14 bits per heavy atom. The van der Waals surface area contributed by atoms with Crippen molar-refractivity contribution in [2.75, 3.05) is 47.0 Å². The Balaban J connectivity index is 2.28. The molecule has 0 aliphatic heterocycles. The maximum Gasteiger partial charge on any atom is 0.367 e. The summed E-state index contributed by atoms with van der Waals surface area (Å²) in [5.74, 6) is -0.827.